The summed E-state index contributed by atoms with van der Waals surface area (Å²) >= 11 is 0. The third kappa shape index (κ3) is 5.65. The van der Waals surface area contributed by atoms with Crippen LogP contribution in [-0.2, 0) is 0 Å². The standard InChI is InChI=1S/C12H23N5O6/c1-5(13)2-14-8-10(16-12(23)17-11(8)22)15-3-6(19)9(21)7(20)4-18/h5-7,9,14,18-21H,2-4,13H2,1H3,(H3,15,16,17,22,23)/t5-,6-,7+,9-/m0/s1. The van der Waals surface area contributed by atoms with E-state index in [9.17, 15) is 24.9 Å². The maximum atomic E-state index is 11.8. The second-order valence-corrected chi connectivity index (χ2v) is 5.21. The van der Waals surface area contributed by atoms with Gasteiger partial charge in [0.2, 0.25) is 0 Å². The first-order valence-corrected chi connectivity index (χ1v) is 7.01. The zero-order valence-corrected chi connectivity index (χ0v) is 12.6. The Kier molecular flexibility index (Phi) is 7.19. The first kappa shape index (κ1) is 19.1. The number of aromatic nitrogens is 2. The van der Waals surface area contributed by atoms with Crippen molar-refractivity contribution < 1.29 is 20.4 Å². The van der Waals surface area contributed by atoms with Crippen LogP contribution >= 0.6 is 0 Å². The molecule has 0 saturated heterocycles. The number of aromatic amines is 2. The van der Waals surface area contributed by atoms with E-state index in [4.69, 9.17) is 10.8 Å². The van der Waals surface area contributed by atoms with E-state index >= 15 is 0 Å². The highest BCUT2D eigenvalue weighted by atomic mass is 16.4. The number of anilines is 2. The van der Waals surface area contributed by atoms with Crippen LogP contribution in [0.5, 0.6) is 0 Å². The SMILES string of the molecule is C[C@H](N)CNc1c(NC[C@H](O)[C@H](O)[C@H](O)CO)[nH]c(=O)[nH]c1=O. The van der Waals surface area contributed by atoms with E-state index in [2.05, 4.69) is 15.6 Å². The van der Waals surface area contributed by atoms with E-state index < -0.39 is 36.2 Å². The zero-order chi connectivity index (χ0) is 17.6. The second kappa shape index (κ2) is 8.64. The third-order valence-corrected chi connectivity index (χ3v) is 3.01. The minimum absolute atomic E-state index is 0.00383. The van der Waals surface area contributed by atoms with Gasteiger partial charge in [0.05, 0.1) is 12.7 Å². The van der Waals surface area contributed by atoms with Crippen LogP contribution in [0.2, 0.25) is 0 Å². The Morgan fingerprint density at radius 1 is 1.09 bits per heavy atom. The third-order valence-electron chi connectivity index (χ3n) is 3.01. The van der Waals surface area contributed by atoms with Crippen molar-refractivity contribution in [3.63, 3.8) is 0 Å². The number of nitrogens with two attached hydrogens (primary N) is 1. The lowest BCUT2D eigenvalue weighted by molar-refractivity contribution is -0.0715. The maximum Gasteiger partial charge on any atom is 0.327 e. The van der Waals surface area contributed by atoms with Crippen molar-refractivity contribution in [1.29, 1.82) is 0 Å². The van der Waals surface area contributed by atoms with E-state index in [0.717, 1.165) is 0 Å². The molecule has 0 aliphatic rings. The summed E-state index contributed by atoms with van der Waals surface area (Å²) in [6, 6.07) is -0.249. The molecule has 1 aromatic heterocycles. The molecule has 1 aromatic rings. The highest BCUT2D eigenvalue weighted by molar-refractivity contribution is 5.62. The Bertz CT molecular complexity index is 600. The fourth-order valence-corrected chi connectivity index (χ4v) is 1.74. The van der Waals surface area contributed by atoms with E-state index in [0.29, 0.717) is 0 Å². The van der Waals surface area contributed by atoms with Crippen molar-refractivity contribution in [3.05, 3.63) is 20.8 Å². The van der Waals surface area contributed by atoms with E-state index in [1.54, 1.807) is 6.92 Å². The summed E-state index contributed by atoms with van der Waals surface area (Å²) in [4.78, 5) is 27.5. The van der Waals surface area contributed by atoms with Gasteiger partial charge in [-0.3, -0.25) is 14.8 Å². The predicted molar refractivity (Wildman–Crippen MR) is 83.4 cm³/mol. The lowest BCUT2D eigenvalue weighted by Gasteiger charge is -2.22. The topological polar surface area (TPSA) is 197 Å². The summed E-state index contributed by atoms with van der Waals surface area (Å²) in [6.07, 6.45) is -4.55. The van der Waals surface area contributed by atoms with Gasteiger partial charge in [-0.15, -0.1) is 0 Å². The smallest absolute Gasteiger partial charge is 0.327 e. The van der Waals surface area contributed by atoms with Crippen molar-refractivity contribution in [1.82, 2.24) is 9.97 Å². The van der Waals surface area contributed by atoms with E-state index in [-0.39, 0.29) is 30.6 Å². The van der Waals surface area contributed by atoms with Crippen LogP contribution < -0.4 is 27.6 Å². The predicted octanol–water partition coefficient (Wildman–Crippen LogP) is -3.69. The number of nitrogens with one attached hydrogen (secondary N) is 4. The van der Waals surface area contributed by atoms with Crippen LogP contribution in [0.15, 0.2) is 9.59 Å². The summed E-state index contributed by atoms with van der Waals surface area (Å²) in [7, 11) is 0. The normalized spacial score (nSPS) is 16.4. The maximum absolute atomic E-state index is 11.8. The van der Waals surface area contributed by atoms with Crippen molar-refractivity contribution in [2.75, 3.05) is 30.3 Å². The molecule has 11 heteroatoms. The summed E-state index contributed by atoms with van der Waals surface area (Å²) < 4.78 is 0. The number of aliphatic hydroxyl groups is 4. The number of H-pyrrole nitrogens is 2. The molecule has 10 N–H and O–H groups in total. The Labute approximate surface area is 131 Å². The van der Waals surface area contributed by atoms with Gasteiger partial charge in [0.15, 0.2) is 0 Å². The van der Waals surface area contributed by atoms with Crippen LogP contribution in [0.3, 0.4) is 0 Å². The van der Waals surface area contributed by atoms with Crippen LogP contribution in [-0.4, -0.2) is 74.4 Å². The molecule has 1 heterocycles. The molecule has 23 heavy (non-hydrogen) atoms. The highest BCUT2D eigenvalue weighted by Crippen LogP contribution is 2.11. The molecule has 0 aliphatic heterocycles. The largest absolute Gasteiger partial charge is 0.394 e. The van der Waals surface area contributed by atoms with Gasteiger partial charge in [-0.2, -0.15) is 0 Å². The Balaban J connectivity index is 2.86. The molecule has 1 rings (SSSR count). The van der Waals surface area contributed by atoms with E-state index in [1.165, 1.54) is 0 Å². The lowest BCUT2D eigenvalue weighted by Crippen LogP contribution is -2.43. The fraction of sp³-hybridized carbons (Fsp3) is 0.667. The summed E-state index contributed by atoms with van der Waals surface area (Å²) in [5.74, 6) is 0.00383. The molecule has 0 aliphatic carbocycles. The molecular weight excluding hydrogens is 310 g/mol. The molecule has 0 unspecified atom stereocenters. The molecule has 4 atom stereocenters. The average Bonchev–Trinajstić information content (AvgIpc) is 2.49. The fourth-order valence-electron chi connectivity index (χ4n) is 1.74. The van der Waals surface area contributed by atoms with Crippen LogP contribution in [0.4, 0.5) is 11.5 Å². The first-order chi connectivity index (χ1) is 10.8. The quantitative estimate of drug-likeness (QED) is 0.218. The molecule has 0 radical (unpaired) electrons. The zero-order valence-electron chi connectivity index (χ0n) is 12.6. The highest BCUT2D eigenvalue weighted by Gasteiger charge is 2.24. The van der Waals surface area contributed by atoms with Crippen LogP contribution in [0, 0.1) is 0 Å². The molecule has 0 aromatic carbocycles. The number of aliphatic hydroxyl groups excluding tert-OH is 4. The Morgan fingerprint density at radius 2 is 1.74 bits per heavy atom. The summed E-state index contributed by atoms with van der Waals surface area (Å²) in [5, 5.41) is 42.6. The van der Waals surface area contributed by atoms with Gasteiger partial charge in [-0.1, -0.05) is 0 Å². The monoisotopic (exact) mass is 333 g/mol. The first-order valence-electron chi connectivity index (χ1n) is 7.01. The molecule has 0 fully saturated rings. The van der Waals surface area contributed by atoms with Gasteiger partial charge < -0.3 is 36.8 Å². The van der Waals surface area contributed by atoms with Gasteiger partial charge in [0, 0.05) is 19.1 Å². The molecule has 0 spiro atoms. The molecular formula is C12H23N5O6. The summed E-state index contributed by atoms with van der Waals surface area (Å²) in [6.45, 7) is 0.973. The molecule has 11 nitrogen and oxygen atoms in total. The second-order valence-electron chi connectivity index (χ2n) is 5.21. The van der Waals surface area contributed by atoms with Crippen molar-refractivity contribution in [3.8, 4) is 0 Å². The number of hydrogen-bond acceptors (Lipinski definition) is 9. The molecule has 0 amide bonds. The number of rotatable bonds is 9. The minimum Gasteiger partial charge on any atom is -0.394 e. The lowest BCUT2D eigenvalue weighted by atomic mass is 10.1. The van der Waals surface area contributed by atoms with Gasteiger partial charge in [-0.05, 0) is 6.92 Å². The van der Waals surface area contributed by atoms with Gasteiger partial charge in [-0.25, -0.2) is 4.79 Å². The van der Waals surface area contributed by atoms with Crippen LogP contribution in [0.1, 0.15) is 6.92 Å². The van der Waals surface area contributed by atoms with Crippen molar-refractivity contribution >= 4 is 11.5 Å². The van der Waals surface area contributed by atoms with Gasteiger partial charge >= 0.3 is 5.69 Å². The van der Waals surface area contributed by atoms with Crippen molar-refractivity contribution in [2.24, 2.45) is 5.73 Å². The Morgan fingerprint density at radius 3 is 2.30 bits per heavy atom. The van der Waals surface area contributed by atoms with Crippen molar-refractivity contribution in [2.45, 2.75) is 31.3 Å². The molecule has 0 bridgehead atoms. The van der Waals surface area contributed by atoms with Gasteiger partial charge in [0.25, 0.3) is 5.56 Å². The average molecular weight is 333 g/mol. The van der Waals surface area contributed by atoms with E-state index in [1.807, 2.05) is 4.98 Å². The molecule has 0 saturated carbocycles. The van der Waals surface area contributed by atoms with Crippen LogP contribution in [0.25, 0.3) is 0 Å². The van der Waals surface area contributed by atoms with Gasteiger partial charge in [0.1, 0.15) is 23.7 Å². The minimum atomic E-state index is -1.60. The molecule has 132 valence electrons. The Hall–Kier alpha value is -1.92. The number of hydrogen-bond donors (Lipinski definition) is 9. The summed E-state index contributed by atoms with van der Waals surface area (Å²) in [5.41, 5.74) is 4.18.